The summed E-state index contributed by atoms with van der Waals surface area (Å²) in [4.78, 5) is 104. The van der Waals surface area contributed by atoms with E-state index in [1.54, 1.807) is 44.2 Å². The molecule has 24 nitrogen and oxygen atoms in total. The first-order valence-electron chi connectivity index (χ1n) is 26.5. The summed E-state index contributed by atoms with van der Waals surface area (Å²) in [5.41, 5.74) is -1.26. The number of nitrogens with zero attached hydrogens (tertiary/aromatic N) is 5. The van der Waals surface area contributed by atoms with Gasteiger partial charge in [-0.15, -0.1) is 4.73 Å². The Bertz CT molecular complexity index is 2700. The fourth-order valence-electron chi connectivity index (χ4n) is 9.64. The van der Waals surface area contributed by atoms with Crippen LogP contribution < -0.4 is 19.8 Å². The van der Waals surface area contributed by atoms with Crippen LogP contribution in [-0.4, -0.2) is 198 Å². The first-order chi connectivity index (χ1) is 38.3. The number of hydrogen-bond donors (Lipinski definition) is 4. The number of carbonyl (C=O) groups excluding carboxylic acids is 7. The maximum Gasteiger partial charge on any atom is 0.410 e. The lowest BCUT2D eigenvalue weighted by molar-refractivity contribution is -0.162. The number of aliphatic hydroxyl groups is 1. The molecule has 26 heteroatoms. The molecule has 2 unspecified atom stereocenters. The zero-order valence-corrected chi connectivity index (χ0v) is 48.9. The number of methoxy groups -OCH3 is 2. The van der Waals surface area contributed by atoms with Crippen LogP contribution in [0.4, 0.5) is 20.1 Å². The predicted molar refractivity (Wildman–Crippen MR) is 296 cm³/mol. The molecule has 5 amide bonds. The average Bonchev–Trinajstić information content (AvgIpc) is 4.03. The van der Waals surface area contributed by atoms with Crippen LogP contribution in [0.1, 0.15) is 78.2 Å². The number of ether oxygens (including phenoxy) is 7. The molecule has 2 saturated heterocycles. The third-order valence-corrected chi connectivity index (χ3v) is 16.3. The summed E-state index contributed by atoms with van der Waals surface area (Å²) in [6, 6.07) is 4.62. The van der Waals surface area contributed by atoms with Crippen LogP contribution in [0.5, 0.6) is 17.5 Å². The molecule has 0 radical (unpaired) electrons. The van der Waals surface area contributed by atoms with Gasteiger partial charge in [0.05, 0.1) is 31.4 Å². The molecule has 81 heavy (non-hydrogen) atoms. The Balaban J connectivity index is 1.05. The summed E-state index contributed by atoms with van der Waals surface area (Å²) in [5, 5.41) is 33.7. The number of benzene rings is 1. The van der Waals surface area contributed by atoms with E-state index in [9.17, 15) is 48.9 Å². The summed E-state index contributed by atoms with van der Waals surface area (Å²) < 4.78 is 41.6. The monoisotopic (exact) mass is 1170 g/mol. The number of aromatic nitrogens is 1. The number of alkyl carbamates (subject to hydrolysis) is 1. The topological polar surface area (TPSA) is 287 Å². The number of likely N-dealkylation sites (N-methyl/N-ethyl adjacent to an activating group) is 3. The number of hydrogen-bond acceptors (Lipinski definition) is 19. The van der Waals surface area contributed by atoms with Crippen molar-refractivity contribution in [1.82, 2.24) is 24.7 Å². The first-order valence-corrected chi connectivity index (χ1v) is 27.9. The van der Waals surface area contributed by atoms with Crippen molar-refractivity contribution in [1.29, 1.82) is 0 Å². The molecular formula is C55H75ClN6O18S. The van der Waals surface area contributed by atoms with Crippen LogP contribution in [0.2, 0.25) is 5.02 Å². The van der Waals surface area contributed by atoms with E-state index in [1.165, 1.54) is 68.9 Å². The molecule has 0 spiro atoms. The number of fused-ring (bicyclic) bond motifs is 5. The largest absolute Gasteiger partial charge is 0.495 e. The molecule has 1 aromatic heterocycles. The van der Waals surface area contributed by atoms with Crippen molar-refractivity contribution in [3.05, 3.63) is 70.8 Å². The van der Waals surface area contributed by atoms with Crippen molar-refractivity contribution in [2.24, 2.45) is 5.92 Å². The minimum absolute atomic E-state index is 0.0415. The van der Waals surface area contributed by atoms with E-state index in [0.29, 0.717) is 29.0 Å². The van der Waals surface area contributed by atoms with Crippen LogP contribution in [0, 0.1) is 5.92 Å². The Morgan fingerprint density at radius 1 is 1.01 bits per heavy atom. The van der Waals surface area contributed by atoms with Crippen molar-refractivity contribution >= 4 is 70.2 Å². The summed E-state index contributed by atoms with van der Waals surface area (Å²) in [5.74, 6) is -4.00. The van der Waals surface area contributed by atoms with Gasteiger partial charge in [0, 0.05) is 85.0 Å². The maximum absolute atomic E-state index is 14.4. The first kappa shape index (κ1) is 63.7. The van der Waals surface area contributed by atoms with Gasteiger partial charge in [-0.2, -0.15) is 0 Å². The molecule has 2 aromatic rings. The number of anilines is 1. The van der Waals surface area contributed by atoms with Crippen molar-refractivity contribution in [2.75, 3.05) is 72.8 Å². The van der Waals surface area contributed by atoms with Gasteiger partial charge in [-0.25, -0.2) is 19.2 Å². The minimum atomic E-state index is -1.90. The number of thioether (sulfide) groups is 1. The quantitative estimate of drug-likeness (QED) is 0.0697. The lowest BCUT2D eigenvalue weighted by Crippen LogP contribution is -2.63. The average molecular weight is 1180 g/mol. The number of carbonyl (C=O) groups is 7. The maximum atomic E-state index is 14.4. The van der Waals surface area contributed by atoms with Crippen LogP contribution in [-0.2, 0) is 54.0 Å². The number of nitrogens with one attached hydrogen (secondary N) is 1. The van der Waals surface area contributed by atoms with E-state index in [1.807, 2.05) is 19.1 Å². The Kier molecular flexibility index (Phi) is 22.0. The highest BCUT2D eigenvalue weighted by atomic mass is 35.5. The summed E-state index contributed by atoms with van der Waals surface area (Å²) >= 11 is 7.69. The van der Waals surface area contributed by atoms with Crippen molar-refractivity contribution in [2.45, 2.75) is 133 Å². The lowest BCUT2D eigenvalue weighted by Gasteiger charge is -2.42. The Labute approximate surface area is 480 Å². The second-order valence-electron chi connectivity index (χ2n) is 20.8. The van der Waals surface area contributed by atoms with Gasteiger partial charge in [0.15, 0.2) is 5.72 Å². The summed E-state index contributed by atoms with van der Waals surface area (Å²) in [6.07, 6.45) is 4.08. The SMILES string of the molecule is COc1cc2cc(c1Cl)N(C)C(=O)C[C@H](OC(=O)[C@H](C)N(C)C(=O)CCSC(=O)N(C)CCN(C)C(=O)OC1C=CCCCCC1OCC(=O)On1c(O)ccc1O)[C@]1(C)O[C@H]1[C@H](C)[C@@H]1C[C@@](O)(NC(=O)O1)[C@H](OC)C=CC=C(C)C2. The highest BCUT2D eigenvalue weighted by molar-refractivity contribution is 8.13. The standard InChI is InChI=1S/C55H75ClN6O18S/c1-32-16-15-19-41(74-10)55(72)30-40(76-51(69)57-55)33(2)49-54(4,79-49)42(29-46(66)61(8)36-27-35(26-32)28-39(73-9)48(36)56)78-50(68)34(3)60(7)43(63)22-25-81-53(71)59(6)24-23-58(5)52(70)77-38-18-14-12-11-13-17-37(38)75-31-47(67)80-62-44(64)20-21-45(62)65/h14-16,18-21,27-28,33-34,37-38,40-42,49,64-65,72H,11-13,17,22-26,29-31H2,1-10H3,(H,57,69)/t33-,34+,37?,38?,40+,41-,42+,49+,54+,55+/m1/s1. The van der Waals surface area contributed by atoms with Gasteiger partial charge < -0.3 is 72.9 Å². The van der Waals surface area contributed by atoms with E-state index < -0.39 is 121 Å². The van der Waals surface area contributed by atoms with E-state index in [-0.39, 0.29) is 41.9 Å². The van der Waals surface area contributed by atoms with Crippen molar-refractivity contribution < 1.29 is 86.9 Å². The molecule has 1 aromatic carbocycles. The Morgan fingerprint density at radius 3 is 2.41 bits per heavy atom. The summed E-state index contributed by atoms with van der Waals surface area (Å²) in [7, 11) is 8.85. The van der Waals surface area contributed by atoms with E-state index in [4.69, 9.17) is 49.6 Å². The van der Waals surface area contributed by atoms with Gasteiger partial charge in [0.25, 0.3) is 5.24 Å². The van der Waals surface area contributed by atoms with Gasteiger partial charge >= 0.3 is 24.1 Å². The highest BCUT2D eigenvalue weighted by Gasteiger charge is 2.64. The molecule has 3 aliphatic heterocycles. The molecular weight excluding hydrogens is 1100 g/mol. The number of epoxide rings is 1. The third kappa shape index (κ3) is 16.2. The van der Waals surface area contributed by atoms with Gasteiger partial charge in [-0.1, -0.05) is 66.6 Å². The second-order valence-corrected chi connectivity index (χ2v) is 22.3. The fraction of sp³-hybridized carbons (Fsp3) is 0.582. The smallest absolute Gasteiger partial charge is 0.410 e. The molecule has 2 fully saturated rings. The summed E-state index contributed by atoms with van der Waals surface area (Å²) in [6.45, 7) is 6.39. The van der Waals surface area contributed by atoms with Gasteiger partial charge in [-0.05, 0) is 70.2 Å². The van der Waals surface area contributed by atoms with Crippen LogP contribution >= 0.6 is 23.4 Å². The minimum Gasteiger partial charge on any atom is -0.495 e. The van der Waals surface area contributed by atoms with Gasteiger partial charge in [0.2, 0.25) is 23.6 Å². The van der Waals surface area contributed by atoms with E-state index in [2.05, 4.69) is 5.32 Å². The number of rotatable bonds is 16. The molecule has 0 saturated carbocycles. The van der Waals surface area contributed by atoms with E-state index in [0.717, 1.165) is 54.3 Å². The molecule has 10 atom stereocenters. The van der Waals surface area contributed by atoms with Crippen molar-refractivity contribution in [3.8, 4) is 17.5 Å². The molecule has 446 valence electrons. The molecule has 6 rings (SSSR count). The number of amides is 5. The molecule has 1 aliphatic carbocycles. The van der Waals surface area contributed by atoms with Gasteiger partial charge in [0.1, 0.15) is 53.4 Å². The number of esters is 1. The van der Waals surface area contributed by atoms with Gasteiger partial charge in [-0.3, -0.25) is 19.7 Å². The third-order valence-electron chi connectivity index (χ3n) is 14.9. The zero-order chi connectivity index (χ0) is 59.5. The number of aromatic hydroxyl groups is 2. The fourth-order valence-corrected chi connectivity index (χ4v) is 10.7. The molecule has 4 N–H and O–H groups in total. The van der Waals surface area contributed by atoms with Crippen LogP contribution in [0.15, 0.2) is 60.2 Å². The molecule has 4 bridgehead atoms. The normalized spacial score (nSPS) is 26.2. The van der Waals surface area contributed by atoms with Crippen LogP contribution in [0.25, 0.3) is 0 Å². The predicted octanol–water partition coefficient (Wildman–Crippen LogP) is 5.51. The zero-order valence-electron chi connectivity index (χ0n) is 47.3. The number of halogens is 1. The van der Waals surface area contributed by atoms with E-state index >= 15 is 0 Å². The Morgan fingerprint density at radius 2 is 1.72 bits per heavy atom. The Hall–Kier alpha value is -6.51. The highest BCUT2D eigenvalue weighted by Crippen LogP contribution is 2.49. The lowest BCUT2D eigenvalue weighted by atomic mass is 9.83. The van der Waals surface area contributed by atoms with Crippen LogP contribution in [0.3, 0.4) is 0 Å². The molecule has 4 aliphatic rings. The second kappa shape index (κ2) is 28.0. The molecule has 4 heterocycles. The number of allylic oxidation sites excluding steroid dienone is 4. The van der Waals surface area contributed by atoms with Crippen molar-refractivity contribution in [3.63, 3.8) is 0 Å².